The van der Waals surface area contributed by atoms with Gasteiger partial charge in [-0.1, -0.05) is 0 Å². The molecule has 4 heteroatoms. The summed E-state index contributed by atoms with van der Waals surface area (Å²) in [5, 5.41) is 0. The second-order valence-electron chi connectivity index (χ2n) is 3.95. The van der Waals surface area contributed by atoms with E-state index < -0.39 is 0 Å². The van der Waals surface area contributed by atoms with E-state index >= 15 is 0 Å². The molecule has 84 valence electrons. The van der Waals surface area contributed by atoms with E-state index in [1.54, 1.807) is 0 Å². The largest absolute Gasteiger partial charge is 0.379 e. The third-order valence-corrected chi connectivity index (χ3v) is 2.87. The molecule has 3 nitrogen and oxygen atoms in total. The minimum Gasteiger partial charge on any atom is -0.379 e. The first-order chi connectivity index (χ1) is 6.74. The normalized spacial score (nSPS) is 25.5. The highest BCUT2D eigenvalue weighted by atomic mass is 35.5. The van der Waals surface area contributed by atoms with Gasteiger partial charge in [-0.25, -0.2) is 0 Å². The van der Waals surface area contributed by atoms with E-state index in [1.165, 1.54) is 6.54 Å². The molecule has 0 aromatic heterocycles. The average Bonchev–Trinajstić information content (AvgIpc) is 2.15. The molecule has 1 aliphatic heterocycles. The van der Waals surface area contributed by atoms with Gasteiger partial charge >= 0.3 is 0 Å². The van der Waals surface area contributed by atoms with Gasteiger partial charge in [-0.2, -0.15) is 0 Å². The maximum absolute atomic E-state index is 5.53. The Balaban J connectivity index is 2.11. The van der Waals surface area contributed by atoms with Crippen LogP contribution >= 0.6 is 11.6 Å². The summed E-state index contributed by atoms with van der Waals surface area (Å²) >= 11 is 5.53. The standard InChI is InChI=1S/C10H21ClN2O/c1-10-9-12(2)4-5-13(10)6-8-14-7-3-11/h10H,3-9H2,1-2H3. The van der Waals surface area contributed by atoms with Crippen molar-refractivity contribution in [2.24, 2.45) is 0 Å². The molecule has 1 rings (SSSR count). The van der Waals surface area contributed by atoms with Gasteiger partial charge in [-0.15, -0.1) is 11.6 Å². The van der Waals surface area contributed by atoms with Gasteiger partial charge in [0.15, 0.2) is 0 Å². The van der Waals surface area contributed by atoms with Crippen LogP contribution < -0.4 is 0 Å². The summed E-state index contributed by atoms with van der Waals surface area (Å²) < 4.78 is 5.37. The number of hydrogen-bond donors (Lipinski definition) is 0. The van der Waals surface area contributed by atoms with Crippen LogP contribution in [0.2, 0.25) is 0 Å². The summed E-state index contributed by atoms with van der Waals surface area (Å²) in [6, 6.07) is 0.647. The molecule has 0 radical (unpaired) electrons. The summed E-state index contributed by atoms with van der Waals surface area (Å²) in [6.45, 7) is 8.27. The number of rotatable bonds is 5. The van der Waals surface area contributed by atoms with Gasteiger partial charge < -0.3 is 9.64 Å². The maximum atomic E-state index is 5.53. The van der Waals surface area contributed by atoms with E-state index in [2.05, 4.69) is 23.8 Å². The molecular formula is C10H21ClN2O. The Morgan fingerprint density at radius 3 is 2.79 bits per heavy atom. The number of alkyl halides is 1. The van der Waals surface area contributed by atoms with Crippen LogP contribution in [-0.2, 0) is 4.74 Å². The van der Waals surface area contributed by atoms with Crippen molar-refractivity contribution in [2.45, 2.75) is 13.0 Å². The number of hydrogen-bond acceptors (Lipinski definition) is 3. The van der Waals surface area contributed by atoms with Crippen molar-refractivity contribution in [3.05, 3.63) is 0 Å². The van der Waals surface area contributed by atoms with Crippen molar-refractivity contribution in [1.82, 2.24) is 9.80 Å². The summed E-state index contributed by atoms with van der Waals surface area (Å²) in [7, 11) is 2.18. The summed E-state index contributed by atoms with van der Waals surface area (Å²) in [6.07, 6.45) is 0. The molecule has 1 unspecified atom stereocenters. The Morgan fingerprint density at radius 1 is 1.36 bits per heavy atom. The molecule has 0 spiro atoms. The Kier molecular flexibility index (Phi) is 5.78. The van der Waals surface area contributed by atoms with Gasteiger partial charge in [0.05, 0.1) is 13.2 Å². The second kappa shape index (κ2) is 6.62. The number of piperazine rings is 1. The second-order valence-corrected chi connectivity index (χ2v) is 4.33. The van der Waals surface area contributed by atoms with Crippen LogP contribution in [0.1, 0.15) is 6.92 Å². The van der Waals surface area contributed by atoms with Crippen LogP contribution in [0.25, 0.3) is 0 Å². The minimum atomic E-state index is 0.596. The lowest BCUT2D eigenvalue weighted by Crippen LogP contribution is -2.51. The van der Waals surface area contributed by atoms with E-state index in [0.29, 0.717) is 18.5 Å². The van der Waals surface area contributed by atoms with Crippen LogP contribution in [0.15, 0.2) is 0 Å². The lowest BCUT2D eigenvalue weighted by Gasteiger charge is -2.38. The topological polar surface area (TPSA) is 15.7 Å². The predicted octanol–water partition coefficient (Wildman–Crippen LogP) is 0.878. The van der Waals surface area contributed by atoms with Crippen LogP contribution in [-0.4, -0.2) is 68.2 Å². The number of nitrogens with zero attached hydrogens (tertiary/aromatic N) is 2. The number of halogens is 1. The van der Waals surface area contributed by atoms with Gasteiger partial charge in [0.2, 0.25) is 0 Å². The predicted molar refractivity (Wildman–Crippen MR) is 60.1 cm³/mol. The van der Waals surface area contributed by atoms with E-state index in [4.69, 9.17) is 16.3 Å². The third-order valence-electron chi connectivity index (χ3n) is 2.71. The average molecular weight is 221 g/mol. The first-order valence-corrected chi connectivity index (χ1v) is 5.84. The highest BCUT2D eigenvalue weighted by Gasteiger charge is 2.20. The van der Waals surface area contributed by atoms with Crippen molar-refractivity contribution in [3.63, 3.8) is 0 Å². The van der Waals surface area contributed by atoms with Gasteiger partial charge in [0.25, 0.3) is 0 Å². The number of likely N-dealkylation sites (N-methyl/N-ethyl adjacent to an activating group) is 1. The van der Waals surface area contributed by atoms with Gasteiger partial charge in [0, 0.05) is 38.1 Å². The molecule has 0 aliphatic carbocycles. The molecule has 1 aliphatic rings. The smallest absolute Gasteiger partial charge is 0.0602 e. The van der Waals surface area contributed by atoms with Crippen LogP contribution in [0, 0.1) is 0 Å². The molecule has 0 N–H and O–H groups in total. The SMILES string of the molecule is CC1CN(C)CCN1CCOCCCl. The zero-order valence-electron chi connectivity index (χ0n) is 9.21. The molecule has 1 heterocycles. The van der Waals surface area contributed by atoms with E-state index in [-0.39, 0.29) is 0 Å². The Bertz CT molecular complexity index is 157. The fourth-order valence-corrected chi connectivity index (χ4v) is 1.96. The van der Waals surface area contributed by atoms with E-state index in [9.17, 15) is 0 Å². The molecule has 14 heavy (non-hydrogen) atoms. The fraction of sp³-hybridized carbons (Fsp3) is 1.00. The van der Waals surface area contributed by atoms with Crippen LogP contribution in [0.5, 0.6) is 0 Å². The third kappa shape index (κ3) is 4.13. The Labute approximate surface area is 92.0 Å². The quantitative estimate of drug-likeness (QED) is 0.506. The van der Waals surface area contributed by atoms with Crippen LogP contribution in [0.4, 0.5) is 0 Å². The monoisotopic (exact) mass is 220 g/mol. The van der Waals surface area contributed by atoms with Crippen molar-refractivity contribution in [1.29, 1.82) is 0 Å². The van der Waals surface area contributed by atoms with E-state index in [1.807, 2.05) is 0 Å². The van der Waals surface area contributed by atoms with Crippen molar-refractivity contribution >= 4 is 11.6 Å². The Morgan fingerprint density at radius 2 is 2.14 bits per heavy atom. The molecule has 0 aromatic rings. The molecular weight excluding hydrogens is 200 g/mol. The first kappa shape index (κ1) is 12.2. The molecule has 0 bridgehead atoms. The first-order valence-electron chi connectivity index (χ1n) is 5.30. The lowest BCUT2D eigenvalue weighted by atomic mass is 10.2. The van der Waals surface area contributed by atoms with Crippen molar-refractivity contribution in [3.8, 4) is 0 Å². The fourth-order valence-electron chi connectivity index (χ4n) is 1.85. The van der Waals surface area contributed by atoms with Crippen molar-refractivity contribution < 1.29 is 4.74 Å². The molecule has 0 amide bonds. The number of ether oxygens (including phenoxy) is 1. The van der Waals surface area contributed by atoms with Gasteiger partial charge in [-0.05, 0) is 14.0 Å². The Hall–Kier alpha value is 0.170. The molecule has 1 fully saturated rings. The highest BCUT2D eigenvalue weighted by Crippen LogP contribution is 2.06. The van der Waals surface area contributed by atoms with Gasteiger partial charge in [-0.3, -0.25) is 4.90 Å². The lowest BCUT2D eigenvalue weighted by molar-refractivity contribution is 0.0587. The zero-order valence-corrected chi connectivity index (χ0v) is 9.96. The summed E-state index contributed by atoms with van der Waals surface area (Å²) in [5.41, 5.74) is 0. The summed E-state index contributed by atoms with van der Waals surface area (Å²) in [5.74, 6) is 0.596. The van der Waals surface area contributed by atoms with Crippen LogP contribution in [0.3, 0.4) is 0 Å². The molecule has 1 saturated heterocycles. The molecule has 0 saturated carbocycles. The van der Waals surface area contributed by atoms with E-state index in [0.717, 1.165) is 26.2 Å². The highest BCUT2D eigenvalue weighted by molar-refractivity contribution is 6.17. The zero-order chi connectivity index (χ0) is 10.4. The molecule has 0 aromatic carbocycles. The molecule has 1 atom stereocenters. The van der Waals surface area contributed by atoms with Crippen molar-refractivity contribution in [2.75, 3.05) is 52.3 Å². The minimum absolute atomic E-state index is 0.596. The maximum Gasteiger partial charge on any atom is 0.0602 e. The summed E-state index contributed by atoms with van der Waals surface area (Å²) in [4.78, 5) is 4.86. The van der Waals surface area contributed by atoms with Gasteiger partial charge in [0.1, 0.15) is 0 Å².